The summed E-state index contributed by atoms with van der Waals surface area (Å²) >= 11 is 0. The van der Waals surface area contributed by atoms with E-state index in [1.54, 1.807) is 0 Å². The summed E-state index contributed by atoms with van der Waals surface area (Å²) < 4.78 is 0. The van der Waals surface area contributed by atoms with Crippen LogP contribution in [0, 0.1) is 11.3 Å². The largest absolute Gasteiger partial charge is 0.208 e. The molecule has 0 bridgehead atoms. The van der Waals surface area contributed by atoms with Crippen LogP contribution in [0.1, 0.15) is 52.8 Å². The van der Waals surface area contributed by atoms with E-state index >= 15 is 0 Å². The number of benzene rings is 7. The molecule has 10 rings (SSSR count). The van der Waals surface area contributed by atoms with Crippen LogP contribution in [0.15, 0.2) is 170 Å². The zero-order chi connectivity index (χ0) is 36.4. The Morgan fingerprint density at radius 2 is 0.870 bits per heavy atom. The highest BCUT2D eigenvalue weighted by molar-refractivity contribution is 5.89. The van der Waals surface area contributed by atoms with Crippen LogP contribution in [-0.2, 0) is 10.8 Å². The van der Waals surface area contributed by atoms with E-state index in [9.17, 15) is 5.26 Å². The molecule has 254 valence electrons. The van der Waals surface area contributed by atoms with Crippen molar-refractivity contribution < 1.29 is 0 Å². The first-order valence-electron chi connectivity index (χ1n) is 18.3. The van der Waals surface area contributed by atoms with Crippen molar-refractivity contribution in [1.29, 1.82) is 5.26 Å². The minimum Gasteiger partial charge on any atom is -0.208 e. The van der Waals surface area contributed by atoms with Crippen molar-refractivity contribution in [2.24, 2.45) is 0 Å². The van der Waals surface area contributed by atoms with Gasteiger partial charge in [0.1, 0.15) is 0 Å². The minimum absolute atomic E-state index is 0.240. The molecule has 8 aromatic rings. The van der Waals surface area contributed by atoms with Crippen LogP contribution in [0.5, 0.6) is 0 Å². The van der Waals surface area contributed by atoms with Crippen LogP contribution < -0.4 is 0 Å². The van der Waals surface area contributed by atoms with Crippen molar-refractivity contribution in [1.82, 2.24) is 15.0 Å². The molecular formula is C50H34N4. The van der Waals surface area contributed by atoms with Crippen LogP contribution >= 0.6 is 0 Å². The van der Waals surface area contributed by atoms with Gasteiger partial charge in [0.15, 0.2) is 17.5 Å². The van der Waals surface area contributed by atoms with E-state index in [-0.39, 0.29) is 5.41 Å². The summed E-state index contributed by atoms with van der Waals surface area (Å²) in [6, 6.07) is 61.9. The highest BCUT2D eigenvalue weighted by Gasteiger charge is 2.53. The maximum atomic E-state index is 9.45. The van der Waals surface area contributed by atoms with Gasteiger partial charge in [-0.15, -0.1) is 0 Å². The molecule has 0 radical (unpaired) electrons. The van der Waals surface area contributed by atoms with Gasteiger partial charge in [0.25, 0.3) is 0 Å². The predicted molar refractivity (Wildman–Crippen MR) is 216 cm³/mol. The number of fused-ring (bicyclic) bond motifs is 9. The molecule has 0 saturated heterocycles. The number of aromatic nitrogens is 3. The van der Waals surface area contributed by atoms with E-state index in [0.717, 1.165) is 27.8 Å². The van der Waals surface area contributed by atoms with Gasteiger partial charge in [-0.3, -0.25) is 0 Å². The molecule has 7 aromatic carbocycles. The Kier molecular flexibility index (Phi) is 7.08. The van der Waals surface area contributed by atoms with Crippen molar-refractivity contribution in [3.63, 3.8) is 0 Å². The lowest BCUT2D eigenvalue weighted by Crippen LogP contribution is -2.40. The van der Waals surface area contributed by atoms with Crippen molar-refractivity contribution in [3.05, 3.63) is 209 Å². The maximum Gasteiger partial charge on any atom is 0.164 e. The normalized spacial score (nSPS) is 14.0. The molecule has 2 aliphatic carbocycles. The molecular weight excluding hydrogens is 657 g/mol. The Morgan fingerprint density at radius 1 is 0.389 bits per heavy atom. The molecule has 0 N–H and O–H groups in total. The SMILES string of the molecule is CC1(C)c2ccccc2C2(c3ccccc3-c3ccccc32)c2cc(-c3nc(-c4ccccc4)nc(-c4ccc(-c5cccc(C#N)c5)cc4)n3)ccc21. The first-order chi connectivity index (χ1) is 26.5. The third-order valence-corrected chi connectivity index (χ3v) is 11.4. The molecule has 0 amide bonds. The summed E-state index contributed by atoms with van der Waals surface area (Å²) in [4.78, 5) is 15.4. The number of rotatable bonds is 4. The summed E-state index contributed by atoms with van der Waals surface area (Å²) in [7, 11) is 0. The Balaban J connectivity index is 1.19. The molecule has 54 heavy (non-hydrogen) atoms. The second-order valence-corrected chi connectivity index (χ2v) is 14.7. The van der Waals surface area contributed by atoms with Crippen LogP contribution in [0.25, 0.3) is 56.4 Å². The van der Waals surface area contributed by atoms with Gasteiger partial charge in [-0.25, -0.2) is 15.0 Å². The fraction of sp³-hybridized carbons (Fsp3) is 0.0800. The highest BCUT2D eigenvalue weighted by atomic mass is 15.0. The number of nitrogens with zero attached hydrogens (tertiary/aromatic N) is 4. The molecule has 0 unspecified atom stereocenters. The summed E-state index contributed by atoms with van der Waals surface area (Å²) in [5, 5.41) is 9.45. The Bertz CT molecular complexity index is 2760. The van der Waals surface area contributed by atoms with Gasteiger partial charge in [-0.2, -0.15) is 5.26 Å². The van der Waals surface area contributed by atoms with Crippen LogP contribution in [0.4, 0.5) is 0 Å². The smallest absolute Gasteiger partial charge is 0.164 e. The Hall–Kier alpha value is -6.96. The van der Waals surface area contributed by atoms with E-state index < -0.39 is 5.41 Å². The minimum atomic E-state index is -0.512. The standard InChI is InChI=1S/C50H34N4/c1-49(2)42-21-10-11-22-44(42)50(40-19-8-6-17-38(40)39-18-7-9-20-41(39)50)45-30-37(27-28-43(45)49)48-53-46(34-14-4-3-5-15-34)52-47(54-48)35-25-23-33(24-26-35)36-16-12-13-32(29-36)31-51/h3-30H,1-2H3. The first-order valence-corrected chi connectivity index (χ1v) is 18.3. The summed E-state index contributed by atoms with van der Waals surface area (Å²) in [6.45, 7) is 4.69. The highest BCUT2D eigenvalue weighted by Crippen LogP contribution is 2.62. The van der Waals surface area contributed by atoms with Crippen molar-refractivity contribution >= 4 is 0 Å². The molecule has 0 aliphatic heterocycles. The second kappa shape index (κ2) is 12.0. The monoisotopic (exact) mass is 690 g/mol. The molecule has 1 aromatic heterocycles. The quantitative estimate of drug-likeness (QED) is 0.184. The Morgan fingerprint density at radius 3 is 1.52 bits per heavy atom. The third-order valence-electron chi connectivity index (χ3n) is 11.4. The van der Waals surface area contributed by atoms with Crippen LogP contribution in [-0.4, -0.2) is 15.0 Å². The van der Waals surface area contributed by atoms with Crippen molar-refractivity contribution in [2.45, 2.75) is 24.7 Å². The number of nitriles is 1. The van der Waals surface area contributed by atoms with Gasteiger partial charge in [-0.05, 0) is 73.8 Å². The van der Waals surface area contributed by atoms with E-state index in [0.29, 0.717) is 23.0 Å². The molecule has 4 heteroatoms. The number of hydrogen-bond acceptors (Lipinski definition) is 4. The Labute approximate surface area is 315 Å². The molecule has 0 fully saturated rings. The maximum absolute atomic E-state index is 9.45. The van der Waals surface area contributed by atoms with Crippen molar-refractivity contribution in [3.8, 4) is 62.5 Å². The van der Waals surface area contributed by atoms with Crippen LogP contribution in [0.3, 0.4) is 0 Å². The average molecular weight is 691 g/mol. The topological polar surface area (TPSA) is 62.5 Å². The number of hydrogen-bond donors (Lipinski definition) is 0. The van der Waals surface area contributed by atoms with E-state index in [2.05, 4.69) is 135 Å². The molecule has 4 nitrogen and oxygen atoms in total. The van der Waals surface area contributed by atoms with Gasteiger partial charge in [0, 0.05) is 22.1 Å². The molecule has 0 atom stereocenters. The third kappa shape index (κ3) is 4.65. The lowest BCUT2D eigenvalue weighted by atomic mass is 9.55. The van der Waals surface area contributed by atoms with Crippen LogP contribution in [0.2, 0.25) is 0 Å². The molecule has 1 heterocycles. The molecule has 2 aliphatic rings. The summed E-state index contributed by atoms with van der Waals surface area (Å²) in [6.07, 6.45) is 0. The van der Waals surface area contributed by atoms with Gasteiger partial charge < -0.3 is 0 Å². The summed E-state index contributed by atoms with van der Waals surface area (Å²) in [5.74, 6) is 1.85. The summed E-state index contributed by atoms with van der Waals surface area (Å²) in [5.41, 5.74) is 15.0. The van der Waals surface area contributed by atoms with E-state index in [4.69, 9.17) is 15.0 Å². The average Bonchev–Trinajstić information content (AvgIpc) is 3.54. The fourth-order valence-electron chi connectivity index (χ4n) is 8.93. The van der Waals surface area contributed by atoms with Gasteiger partial charge in [0.05, 0.1) is 17.0 Å². The molecule has 1 spiro atoms. The zero-order valence-corrected chi connectivity index (χ0v) is 30.0. The van der Waals surface area contributed by atoms with Gasteiger partial charge >= 0.3 is 0 Å². The van der Waals surface area contributed by atoms with Gasteiger partial charge in [-0.1, -0.05) is 166 Å². The van der Waals surface area contributed by atoms with E-state index in [1.165, 1.54) is 44.5 Å². The molecule has 0 saturated carbocycles. The van der Waals surface area contributed by atoms with Crippen molar-refractivity contribution in [2.75, 3.05) is 0 Å². The second-order valence-electron chi connectivity index (χ2n) is 14.7. The van der Waals surface area contributed by atoms with Gasteiger partial charge in [0.2, 0.25) is 0 Å². The lowest BCUT2D eigenvalue weighted by Gasteiger charge is -2.46. The van der Waals surface area contributed by atoms with E-state index in [1.807, 2.05) is 54.6 Å². The zero-order valence-electron chi connectivity index (χ0n) is 30.0. The predicted octanol–water partition coefficient (Wildman–Crippen LogP) is 11.4. The first kappa shape index (κ1) is 31.7. The fourth-order valence-corrected chi connectivity index (χ4v) is 8.93. The lowest BCUT2D eigenvalue weighted by molar-refractivity contribution is 0.563.